The van der Waals surface area contributed by atoms with Gasteiger partial charge in [-0.05, 0) is 44.5 Å². The average Bonchev–Trinajstić information content (AvgIpc) is 2.66. The van der Waals surface area contributed by atoms with E-state index in [0.717, 1.165) is 16.8 Å². The SMILES string of the molecule is CCOc1c(Cl)cc(C(=O)NNC(=O)CNc2ccc(C)cc2C)cc1OC. The second kappa shape index (κ2) is 9.85. The van der Waals surface area contributed by atoms with Crippen molar-refractivity contribution >= 4 is 29.1 Å². The Hall–Kier alpha value is -2.93. The molecule has 0 saturated heterocycles. The fourth-order valence-corrected chi connectivity index (χ4v) is 2.83. The molecule has 8 heteroatoms. The van der Waals surface area contributed by atoms with Crippen molar-refractivity contribution in [2.45, 2.75) is 20.8 Å². The van der Waals surface area contributed by atoms with Gasteiger partial charge >= 0.3 is 0 Å². The van der Waals surface area contributed by atoms with Gasteiger partial charge in [0.05, 0.1) is 25.3 Å². The van der Waals surface area contributed by atoms with Gasteiger partial charge in [0.15, 0.2) is 11.5 Å². The third-order valence-corrected chi connectivity index (χ3v) is 4.20. The number of nitrogens with one attached hydrogen (secondary N) is 3. The van der Waals surface area contributed by atoms with Crippen LogP contribution in [-0.4, -0.2) is 32.1 Å². The highest BCUT2D eigenvalue weighted by molar-refractivity contribution is 6.32. The smallest absolute Gasteiger partial charge is 0.269 e. The average molecular weight is 406 g/mol. The van der Waals surface area contributed by atoms with Gasteiger partial charge in [0.25, 0.3) is 11.8 Å². The van der Waals surface area contributed by atoms with Crippen LogP contribution in [0, 0.1) is 13.8 Å². The quantitative estimate of drug-likeness (QED) is 0.615. The number of rotatable bonds is 7. The maximum Gasteiger partial charge on any atom is 0.269 e. The second-order valence-electron chi connectivity index (χ2n) is 6.10. The Bertz CT molecular complexity index is 871. The van der Waals surface area contributed by atoms with E-state index in [4.69, 9.17) is 21.1 Å². The highest BCUT2D eigenvalue weighted by atomic mass is 35.5. The van der Waals surface area contributed by atoms with Gasteiger partial charge in [-0.1, -0.05) is 29.3 Å². The molecule has 0 aliphatic rings. The van der Waals surface area contributed by atoms with Crippen LogP contribution in [0.2, 0.25) is 5.02 Å². The second-order valence-corrected chi connectivity index (χ2v) is 6.50. The largest absolute Gasteiger partial charge is 0.493 e. The zero-order valence-corrected chi connectivity index (χ0v) is 17.1. The number of ether oxygens (including phenoxy) is 2. The van der Waals surface area contributed by atoms with Crippen LogP contribution in [0.5, 0.6) is 11.5 Å². The summed E-state index contributed by atoms with van der Waals surface area (Å²) in [4.78, 5) is 24.3. The summed E-state index contributed by atoms with van der Waals surface area (Å²) in [5.41, 5.74) is 7.98. The molecular weight excluding hydrogens is 382 g/mol. The number of amides is 2. The van der Waals surface area contributed by atoms with Crippen LogP contribution in [0.3, 0.4) is 0 Å². The molecule has 0 fully saturated rings. The number of benzene rings is 2. The molecule has 0 unspecified atom stereocenters. The van der Waals surface area contributed by atoms with Gasteiger partial charge in [-0.25, -0.2) is 0 Å². The Morgan fingerprint density at radius 3 is 2.50 bits per heavy atom. The van der Waals surface area contributed by atoms with E-state index in [1.807, 2.05) is 39.0 Å². The summed E-state index contributed by atoms with van der Waals surface area (Å²) in [7, 11) is 1.45. The molecule has 2 aromatic carbocycles. The van der Waals surface area contributed by atoms with E-state index in [0.29, 0.717) is 18.1 Å². The van der Waals surface area contributed by atoms with Crippen LogP contribution >= 0.6 is 11.6 Å². The van der Waals surface area contributed by atoms with Crippen molar-refractivity contribution in [1.29, 1.82) is 0 Å². The van der Waals surface area contributed by atoms with Gasteiger partial charge in [-0.15, -0.1) is 0 Å². The molecule has 0 atom stereocenters. The first-order valence-corrected chi connectivity index (χ1v) is 9.14. The van der Waals surface area contributed by atoms with E-state index in [1.165, 1.54) is 19.2 Å². The fourth-order valence-electron chi connectivity index (χ4n) is 2.57. The van der Waals surface area contributed by atoms with Crippen molar-refractivity contribution in [3.63, 3.8) is 0 Å². The first-order chi connectivity index (χ1) is 13.3. The summed E-state index contributed by atoms with van der Waals surface area (Å²) in [6.45, 7) is 6.19. The number of carbonyl (C=O) groups is 2. The molecule has 0 radical (unpaired) electrons. The molecule has 0 aliphatic heterocycles. The highest BCUT2D eigenvalue weighted by Crippen LogP contribution is 2.36. The number of halogens is 1. The normalized spacial score (nSPS) is 10.2. The van der Waals surface area contributed by atoms with E-state index >= 15 is 0 Å². The van der Waals surface area contributed by atoms with Crippen molar-refractivity contribution in [3.05, 3.63) is 52.0 Å². The van der Waals surface area contributed by atoms with Crippen molar-refractivity contribution in [2.24, 2.45) is 0 Å². The highest BCUT2D eigenvalue weighted by Gasteiger charge is 2.16. The monoisotopic (exact) mass is 405 g/mol. The minimum absolute atomic E-state index is 0.0114. The van der Waals surface area contributed by atoms with Crippen LogP contribution in [-0.2, 0) is 4.79 Å². The summed E-state index contributed by atoms with van der Waals surface area (Å²) < 4.78 is 10.6. The van der Waals surface area contributed by atoms with Gasteiger partial charge in [0, 0.05) is 11.3 Å². The van der Waals surface area contributed by atoms with Crippen molar-refractivity contribution in [1.82, 2.24) is 10.9 Å². The third kappa shape index (κ3) is 5.53. The number of aryl methyl sites for hydroxylation is 2. The lowest BCUT2D eigenvalue weighted by Gasteiger charge is -2.14. The number of anilines is 1. The van der Waals surface area contributed by atoms with E-state index < -0.39 is 11.8 Å². The molecule has 0 spiro atoms. The van der Waals surface area contributed by atoms with E-state index in [-0.39, 0.29) is 17.1 Å². The summed E-state index contributed by atoms with van der Waals surface area (Å²) in [6, 6.07) is 8.82. The molecule has 0 bridgehead atoms. The number of carbonyl (C=O) groups excluding carboxylic acids is 2. The Labute approximate surface area is 169 Å². The number of hydrogen-bond donors (Lipinski definition) is 3. The predicted octanol–water partition coefficient (Wildman–Crippen LogP) is 3.24. The van der Waals surface area contributed by atoms with Crippen molar-refractivity contribution in [3.8, 4) is 11.5 Å². The molecule has 2 rings (SSSR count). The standard InChI is InChI=1S/C20H24ClN3O4/c1-5-28-19-15(21)9-14(10-17(19)27-4)20(26)24-23-18(25)11-22-16-7-6-12(2)8-13(16)3/h6-10,22H,5,11H2,1-4H3,(H,23,25)(H,24,26). The lowest BCUT2D eigenvalue weighted by Crippen LogP contribution is -2.44. The van der Waals surface area contributed by atoms with Crippen molar-refractivity contribution in [2.75, 3.05) is 25.6 Å². The first kappa shape index (κ1) is 21.4. The zero-order chi connectivity index (χ0) is 20.7. The molecule has 7 nitrogen and oxygen atoms in total. The lowest BCUT2D eigenvalue weighted by atomic mass is 10.1. The van der Waals surface area contributed by atoms with Crippen LogP contribution < -0.4 is 25.6 Å². The minimum Gasteiger partial charge on any atom is -0.493 e. The molecule has 0 aromatic heterocycles. The maximum absolute atomic E-state index is 12.3. The lowest BCUT2D eigenvalue weighted by molar-refractivity contribution is -0.120. The van der Waals surface area contributed by atoms with E-state index in [9.17, 15) is 9.59 Å². The molecule has 0 aliphatic carbocycles. The van der Waals surface area contributed by atoms with Gasteiger partial charge < -0.3 is 14.8 Å². The molecule has 0 saturated carbocycles. The van der Waals surface area contributed by atoms with E-state index in [2.05, 4.69) is 16.2 Å². The van der Waals surface area contributed by atoms with Gasteiger partial charge in [-0.2, -0.15) is 0 Å². The van der Waals surface area contributed by atoms with Gasteiger partial charge in [0.2, 0.25) is 0 Å². The first-order valence-electron chi connectivity index (χ1n) is 8.76. The maximum atomic E-state index is 12.3. The third-order valence-electron chi connectivity index (χ3n) is 3.92. The fraction of sp³-hybridized carbons (Fsp3) is 0.300. The summed E-state index contributed by atoms with van der Waals surface area (Å²) in [5, 5.41) is 3.28. The van der Waals surface area contributed by atoms with Crippen LogP contribution in [0.4, 0.5) is 5.69 Å². The molecule has 150 valence electrons. The van der Waals surface area contributed by atoms with Crippen molar-refractivity contribution < 1.29 is 19.1 Å². The van der Waals surface area contributed by atoms with Gasteiger partial charge in [0.1, 0.15) is 0 Å². The summed E-state index contributed by atoms with van der Waals surface area (Å²) in [6.07, 6.45) is 0. The van der Waals surface area contributed by atoms with Gasteiger partial charge in [-0.3, -0.25) is 20.4 Å². The van der Waals surface area contributed by atoms with E-state index in [1.54, 1.807) is 0 Å². The van der Waals surface area contributed by atoms with Crippen LogP contribution in [0.15, 0.2) is 30.3 Å². The molecule has 28 heavy (non-hydrogen) atoms. The Morgan fingerprint density at radius 1 is 1.11 bits per heavy atom. The molecule has 3 N–H and O–H groups in total. The molecule has 2 amide bonds. The Balaban J connectivity index is 1.94. The van der Waals surface area contributed by atoms with Crippen LogP contribution in [0.1, 0.15) is 28.4 Å². The Kier molecular flexibility index (Phi) is 7.52. The summed E-state index contributed by atoms with van der Waals surface area (Å²) >= 11 is 6.16. The zero-order valence-electron chi connectivity index (χ0n) is 16.3. The topological polar surface area (TPSA) is 88.7 Å². The predicted molar refractivity (Wildman–Crippen MR) is 109 cm³/mol. The Morgan fingerprint density at radius 2 is 1.86 bits per heavy atom. The molecule has 2 aromatic rings. The van der Waals surface area contributed by atoms with Crippen LogP contribution in [0.25, 0.3) is 0 Å². The molecule has 0 heterocycles. The summed E-state index contributed by atoms with van der Waals surface area (Å²) in [5.74, 6) is -0.215. The number of hydrazine groups is 1. The number of hydrogen-bond acceptors (Lipinski definition) is 5. The minimum atomic E-state index is -0.525. The number of methoxy groups -OCH3 is 1. The molecular formula is C20H24ClN3O4.